The summed E-state index contributed by atoms with van der Waals surface area (Å²) in [7, 11) is -3.22. The second kappa shape index (κ2) is 8.53. The maximum Gasteiger partial charge on any atom is 0.317 e. The molecule has 0 atom stereocenters. The molecular weight excluding hydrogens is 354 g/mol. The molecule has 0 bridgehead atoms. The molecule has 144 valence electrons. The molecule has 7 nitrogen and oxygen atoms in total. The van der Waals surface area contributed by atoms with Crippen LogP contribution in [0.25, 0.3) is 0 Å². The SMILES string of the molecule is CC(C)C(=O)N1CCCN(C(=O)NCc2ccc(S(C)(=O)=O)cc2)CC1. The van der Waals surface area contributed by atoms with E-state index in [-0.39, 0.29) is 22.8 Å². The second-order valence-electron chi connectivity index (χ2n) is 6.90. The van der Waals surface area contributed by atoms with Crippen molar-refractivity contribution in [3.8, 4) is 0 Å². The van der Waals surface area contributed by atoms with Gasteiger partial charge in [-0.1, -0.05) is 26.0 Å². The highest BCUT2D eigenvalue weighted by molar-refractivity contribution is 7.90. The molecule has 2 rings (SSSR count). The van der Waals surface area contributed by atoms with Gasteiger partial charge in [-0.3, -0.25) is 4.79 Å². The number of hydrogen-bond donors (Lipinski definition) is 1. The lowest BCUT2D eigenvalue weighted by molar-refractivity contribution is -0.134. The molecule has 0 radical (unpaired) electrons. The topological polar surface area (TPSA) is 86.8 Å². The molecule has 0 spiro atoms. The van der Waals surface area contributed by atoms with Gasteiger partial charge in [-0.25, -0.2) is 13.2 Å². The van der Waals surface area contributed by atoms with Crippen LogP contribution >= 0.6 is 0 Å². The fourth-order valence-corrected chi connectivity index (χ4v) is 3.48. The van der Waals surface area contributed by atoms with Crippen LogP contribution in [0.4, 0.5) is 4.79 Å². The Kier molecular flexibility index (Phi) is 6.63. The van der Waals surface area contributed by atoms with E-state index in [1.807, 2.05) is 18.7 Å². The normalized spacial score (nSPS) is 15.7. The van der Waals surface area contributed by atoms with Gasteiger partial charge in [0.15, 0.2) is 9.84 Å². The van der Waals surface area contributed by atoms with Gasteiger partial charge < -0.3 is 15.1 Å². The largest absolute Gasteiger partial charge is 0.341 e. The molecule has 0 saturated carbocycles. The summed E-state index contributed by atoms with van der Waals surface area (Å²) in [4.78, 5) is 28.3. The zero-order valence-electron chi connectivity index (χ0n) is 15.6. The van der Waals surface area contributed by atoms with Crippen molar-refractivity contribution >= 4 is 21.8 Å². The first-order valence-corrected chi connectivity index (χ1v) is 10.7. The second-order valence-corrected chi connectivity index (χ2v) is 8.91. The van der Waals surface area contributed by atoms with Crippen LogP contribution in [0.15, 0.2) is 29.2 Å². The van der Waals surface area contributed by atoms with Crippen molar-refractivity contribution in [2.45, 2.75) is 31.7 Å². The first kappa shape index (κ1) is 20.2. The summed E-state index contributed by atoms with van der Waals surface area (Å²) in [5.74, 6) is 0.0866. The van der Waals surface area contributed by atoms with Gasteiger partial charge in [0.25, 0.3) is 0 Å². The van der Waals surface area contributed by atoms with Crippen LogP contribution in [0.1, 0.15) is 25.8 Å². The molecule has 1 saturated heterocycles. The van der Waals surface area contributed by atoms with E-state index in [1.54, 1.807) is 17.0 Å². The van der Waals surface area contributed by atoms with Crippen molar-refractivity contribution in [3.63, 3.8) is 0 Å². The molecule has 3 amide bonds. The predicted octanol–water partition coefficient (Wildman–Crippen LogP) is 1.49. The number of carbonyl (C=O) groups excluding carboxylic acids is 2. The van der Waals surface area contributed by atoms with Crippen LogP contribution in [-0.2, 0) is 21.2 Å². The Morgan fingerprint density at radius 1 is 1.04 bits per heavy atom. The van der Waals surface area contributed by atoms with Gasteiger partial charge in [0, 0.05) is 44.9 Å². The number of urea groups is 1. The highest BCUT2D eigenvalue weighted by Crippen LogP contribution is 2.11. The van der Waals surface area contributed by atoms with E-state index in [0.29, 0.717) is 32.7 Å². The predicted molar refractivity (Wildman–Crippen MR) is 99.4 cm³/mol. The number of nitrogens with one attached hydrogen (secondary N) is 1. The Hall–Kier alpha value is -2.09. The molecular formula is C18H27N3O4S. The molecule has 8 heteroatoms. The number of benzene rings is 1. The van der Waals surface area contributed by atoms with Crippen molar-refractivity contribution in [1.82, 2.24) is 15.1 Å². The third-order valence-electron chi connectivity index (χ3n) is 4.38. The highest BCUT2D eigenvalue weighted by atomic mass is 32.2. The molecule has 1 aliphatic heterocycles. The molecule has 1 heterocycles. The third kappa shape index (κ3) is 5.45. The van der Waals surface area contributed by atoms with Gasteiger partial charge in [0.2, 0.25) is 5.91 Å². The number of carbonyl (C=O) groups is 2. The van der Waals surface area contributed by atoms with E-state index >= 15 is 0 Å². The van der Waals surface area contributed by atoms with Gasteiger partial charge in [-0.05, 0) is 24.1 Å². The van der Waals surface area contributed by atoms with Crippen molar-refractivity contribution < 1.29 is 18.0 Å². The van der Waals surface area contributed by atoms with Gasteiger partial charge in [0.1, 0.15) is 0 Å². The van der Waals surface area contributed by atoms with E-state index in [4.69, 9.17) is 0 Å². The van der Waals surface area contributed by atoms with E-state index in [0.717, 1.165) is 18.2 Å². The molecule has 1 N–H and O–H groups in total. The quantitative estimate of drug-likeness (QED) is 0.856. The number of amides is 3. The average Bonchev–Trinajstić information content (AvgIpc) is 2.84. The maximum atomic E-state index is 12.4. The van der Waals surface area contributed by atoms with E-state index in [2.05, 4.69) is 5.32 Å². The summed E-state index contributed by atoms with van der Waals surface area (Å²) in [5.41, 5.74) is 0.831. The van der Waals surface area contributed by atoms with Gasteiger partial charge >= 0.3 is 6.03 Å². The van der Waals surface area contributed by atoms with Crippen molar-refractivity contribution in [2.75, 3.05) is 32.4 Å². The van der Waals surface area contributed by atoms with Gasteiger partial charge in [-0.2, -0.15) is 0 Å². The Bertz CT molecular complexity index is 744. The smallest absolute Gasteiger partial charge is 0.317 e. The summed E-state index contributed by atoms with van der Waals surface area (Å²) in [6, 6.07) is 6.30. The Balaban J connectivity index is 1.87. The Morgan fingerprint density at radius 2 is 1.62 bits per heavy atom. The lowest BCUT2D eigenvalue weighted by Gasteiger charge is -2.23. The summed E-state index contributed by atoms with van der Waals surface area (Å²) in [6.45, 7) is 6.44. The molecule has 0 unspecified atom stereocenters. The van der Waals surface area contributed by atoms with Gasteiger partial charge in [0.05, 0.1) is 4.90 Å². The zero-order chi connectivity index (χ0) is 19.3. The van der Waals surface area contributed by atoms with Crippen LogP contribution in [0.2, 0.25) is 0 Å². The number of nitrogens with zero attached hydrogens (tertiary/aromatic N) is 2. The van der Waals surface area contributed by atoms with Gasteiger partial charge in [-0.15, -0.1) is 0 Å². The minimum atomic E-state index is -3.22. The molecule has 1 aromatic carbocycles. The molecule has 0 aromatic heterocycles. The standard InChI is InChI=1S/C18H27N3O4S/c1-14(2)17(22)20-9-4-10-21(12-11-20)18(23)19-13-15-5-7-16(8-6-15)26(3,24)25/h5-8,14H,4,9-13H2,1-3H3,(H,19,23). The first-order chi connectivity index (χ1) is 12.2. The summed E-state index contributed by atoms with van der Waals surface area (Å²) >= 11 is 0. The summed E-state index contributed by atoms with van der Waals surface area (Å²) in [5, 5.41) is 2.86. The molecule has 1 aliphatic rings. The van der Waals surface area contributed by atoms with E-state index < -0.39 is 9.84 Å². The minimum Gasteiger partial charge on any atom is -0.341 e. The lowest BCUT2D eigenvalue weighted by Crippen LogP contribution is -2.42. The van der Waals surface area contributed by atoms with Crippen LogP contribution in [-0.4, -0.2) is 62.6 Å². The van der Waals surface area contributed by atoms with Crippen LogP contribution in [0, 0.1) is 5.92 Å². The monoisotopic (exact) mass is 381 g/mol. The van der Waals surface area contributed by atoms with Crippen molar-refractivity contribution in [2.24, 2.45) is 5.92 Å². The third-order valence-corrected chi connectivity index (χ3v) is 5.51. The molecule has 1 aromatic rings. The van der Waals surface area contributed by atoms with Crippen LogP contribution < -0.4 is 5.32 Å². The Labute approximate surface area is 155 Å². The van der Waals surface area contributed by atoms with Crippen LogP contribution in [0.3, 0.4) is 0 Å². The average molecular weight is 381 g/mol. The highest BCUT2D eigenvalue weighted by Gasteiger charge is 2.23. The maximum absolute atomic E-state index is 12.4. The zero-order valence-corrected chi connectivity index (χ0v) is 16.4. The van der Waals surface area contributed by atoms with Crippen molar-refractivity contribution in [1.29, 1.82) is 0 Å². The molecule has 26 heavy (non-hydrogen) atoms. The number of hydrogen-bond acceptors (Lipinski definition) is 4. The molecule has 0 aliphatic carbocycles. The van der Waals surface area contributed by atoms with E-state index in [1.165, 1.54) is 12.1 Å². The summed E-state index contributed by atoms with van der Waals surface area (Å²) in [6.07, 6.45) is 1.92. The minimum absolute atomic E-state index is 0.0368. The summed E-state index contributed by atoms with van der Waals surface area (Å²) < 4.78 is 22.9. The van der Waals surface area contributed by atoms with E-state index in [9.17, 15) is 18.0 Å². The first-order valence-electron chi connectivity index (χ1n) is 8.79. The number of sulfone groups is 1. The fraction of sp³-hybridized carbons (Fsp3) is 0.556. The fourth-order valence-electron chi connectivity index (χ4n) is 2.85. The lowest BCUT2D eigenvalue weighted by atomic mass is 10.2. The van der Waals surface area contributed by atoms with Crippen LogP contribution in [0.5, 0.6) is 0 Å². The van der Waals surface area contributed by atoms with Crippen molar-refractivity contribution in [3.05, 3.63) is 29.8 Å². The molecule has 1 fully saturated rings. The Morgan fingerprint density at radius 3 is 2.19 bits per heavy atom. The number of rotatable bonds is 4.